The van der Waals surface area contributed by atoms with Gasteiger partial charge in [-0.1, -0.05) is 26.2 Å². The van der Waals surface area contributed by atoms with Crippen LogP contribution in [-0.4, -0.2) is 10.2 Å². The summed E-state index contributed by atoms with van der Waals surface area (Å²) < 4.78 is 0. The molecule has 1 rings (SSSR count). The van der Waals surface area contributed by atoms with Gasteiger partial charge in [-0.3, -0.25) is 0 Å². The van der Waals surface area contributed by atoms with E-state index in [0.29, 0.717) is 5.75 Å². The van der Waals surface area contributed by atoms with Crippen molar-refractivity contribution in [3.05, 3.63) is 23.3 Å². The van der Waals surface area contributed by atoms with Gasteiger partial charge in [-0.25, -0.2) is 0 Å². The van der Waals surface area contributed by atoms with Crippen molar-refractivity contribution in [1.29, 1.82) is 0 Å². The highest BCUT2D eigenvalue weighted by Gasteiger charge is 2.07. The Balaban J connectivity index is 2.63. The maximum Gasteiger partial charge on any atom is 0.119 e. The van der Waals surface area contributed by atoms with Crippen LogP contribution in [0.25, 0.3) is 0 Å². The maximum absolute atomic E-state index is 9.66. The first-order chi connectivity index (χ1) is 7.16. The minimum absolute atomic E-state index is 0.276. The smallest absolute Gasteiger partial charge is 0.119 e. The van der Waals surface area contributed by atoms with Crippen molar-refractivity contribution < 1.29 is 10.2 Å². The minimum atomic E-state index is 0.276. The first-order valence-corrected chi connectivity index (χ1v) is 5.67. The zero-order valence-electron chi connectivity index (χ0n) is 9.58. The molecule has 0 saturated carbocycles. The molecule has 0 aromatic heterocycles. The number of phenolic OH excluding ortho intramolecular Hbond substituents is 2. The predicted octanol–water partition coefficient (Wildman–Crippen LogP) is 3.53. The molecule has 0 unspecified atom stereocenters. The summed E-state index contributed by atoms with van der Waals surface area (Å²) in [4.78, 5) is 0. The minimum Gasteiger partial charge on any atom is -0.508 e. The fraction of sp³-hybridized carbons (Fsp3) is 0.538. The highest BCUT2D eigenvalue weighted by atomic mass is 16.3. The normalized spacial score (nSPS) is 10.5. The van der Waals surface area contributed by atoms with Crippen LogP contribution in [-0.2, 0) is 6.42 Å². The second-order valence-electron chi connectivity index (χ2n) is 4.02. The third kappa shape index (κ3) is 3.15. The second kappa shape index (κ2) is 5.64. The third-order valence-electron chi connectivity index (χ3n) is 2.83. The van der Waals surface area contributed by atoms with Gasteiger partial charge < -0.3 is 10.2 Å². The van der Waals surface area contributed by atoms with Gasteiger partial charge in [0.2, 0.25) is 0 Å². The molecule has 2 nitrogen and oxygen atoms in total. The van der Waals surface area contributed by atoms with E-state index < -0.39 is 0 Å². The monoisotopic (exact) mass is 208 g/mol. The van der Waals surface area contributed by atoms with Crippen LogP contribution >= 0.6 is 0 Å². The number of hydrogen-bond donors (Lipinski definition) is 2. The van der Waals surface area contributed by atoms with Crippen molar-refractivity contribution >= 4 is 0 Å². The van der Waals surface area contributed by atoms with E-state index >= 15 is 0 Å². The van der Waals surface area contributed by atoms with Crippen molar-refractivity contribution in [2.75, 3.05) is 0 Å². The van der Waals surface area contributed by atoms with Crippen LogP contribution in [0.15, 0.2) is 12.1 Å². The molecule has 0 aliphatic carbocycles. The van der Waals surface area contributed by atoms with E-state index in [1.54, 1.807) is 12.1 Å². The highest BCUT2D eigenvalue weighted by molar-refractivity contribution is 5.46. The van der Waals surface area contributed by atoms with Gasteiger partial charge in [-0.15, -0.1) is 0 Å². The average molecular weight is 208 g/mol. The lowest BCUT2D eigenvalue weighted by Crippen LogP contribution is -1.91. The summed E-state index contributed by atoms with van der Waals surface area (Å²) >= 11 is 0. The molecule has 0 amide bonds. The molecule has 0 atom stereocenters. The quantitative estimate of drug-likeness (QED) is 0.574. The summed E-state index contributed by atoms with van der Waals surface area (Å²) in [6.45, 7) is 4.03. The number of rotatable bonds is 5. The number of unbranched alkanes of at least 4 members (excludes halogenated alkanes) is 3. The summed E-state index contributed by atoms with van der Waals surface area (Å²) in [5, 5.41) is 19.2. The lowest BCUT2D eigenvalue weighted by molar-refractivity contribution is 0.449. The lowest BCUT2D eigenvalue weighted by atomic mass is 10.00. The fourth-order valence-electron chi connectivity index (χ4n) is 1.77. The van der Waals surface area contributed by atoms with E-state index in [4.69, 9.17) is 0 Å². The van der Waals surface area contributed by atoms with Gasteiger partial charge in [0.15, 0.2) is 0 Å². The van der Waals surface area contributed by atoms with Crippen LogP contribution in [0.2, 0.25) is 0 Å². The molecular weight excluding hydrogens is 188 g/mol. The number of phenols is 2. The molecule has 0 aliphatic rings. The molecule has 1 aromatic carbocycles. The molecule has 84 valence electrons. The molecule has 2 heteroatoms. The number of benzene rings is 1. The molecule has 2 N–H and O–H groups in total. The highest BCUT2D eigenvalue weighted by Crippen LogP contribution is 2.29. The zero-order valence-corrected chi connectivity index (χ0v) is 9.58. The maximum atomic E-state index is 9.66. The Morgan fingerprint density at radius 1 is 1.00 bits per heavy atom. The van der Waals surface area contributed by atoms with Gasteiger partial charge in [-0.05, 0) is 37.5 Å². The first-order valence-electron chi connectivity index (χ1n) is 5.67. The largest absolute Gasteiger partial charge is 0.508 e. The molecule has 0 fully saturated rings. The Hall–Kier alpha value is -1.18. The fourth-order valence-corrected chi connectivity index (χ4v) is 1.77. The SMILES string of the molecule is CCCCCCc1c(O)ccc(O)c1C. The molecule has 1 aromatic rings. The van der Waals surface area contributed by atoms with Crippen molar-refractivity contribution in [1.82, 2.24) is 0 Å². The van der Waals surface area contributed by atoms with Crippen LogP contribution in [0.4, 0.5) is 0 Å². The van der Waals surface area contributed by atoms with E-state index in [-0.39, 0.29) is 5.75 Å². The number of aromatic hydroxyl groups is 2. The second-order valence-corrected chi connectivity index (χ2v) is 4.02. The molecule has 0 spiro atoms. The van der Waals surface area contributed by atoms with Crippen LogP contribution in [0.1, 0.15) is 43.7 Å². The van der Waals surface area contributed by atoms with Gasteiger partial charge >= 0.3 is 0 Å². The standard InChI is InChI=1S/C13H20O2/c1-3-4-5-6-7-11-10(2)12(14)8-9-13(11)15/h8-9,14-15H,3-7H2,1-2H3. The van der Waals surface area contributed by atoms with Crippen LogP contribution in [0.3, 0.4) is 0 Å². The number of hydrogen-bond acceptors (Lipinski definition) is 2. The Morgan fingerprint density at radius 3 is 2.33 bits per heavy atom. The van der Waals surface area contributed by atoms with Crippen LogP contribution in [0, 0.1) is 6.92 Å². The van der Waals surface area contributed by atoms with E-state index in [2.05, 4.69) is 6.92 Å². The summed E-state index contributed by atoms with van der Waals surface area (Å²) in [6, 6.07) is 3.11. The van der Waals surface area contributed by atoms with Crippen LogP contribution < -0.4 is 0 Å². The Labute approximate surface area is 91.6 Å². The van der Waals surface area contributed by atoms with E-state index in [0.717, 1.165) is 24.0 Å². The molecule has 0 heterocycles. The third-order valence-corrected chi connectivity index (χ3v) is 2.83. The molecule has 0 radical (unpaired) electrons. The Bertz CT molecular complexity index is 319. The van der Waals surface area contributed by atoms with Gasteiger partial charge in [0.05, 0.1) is 0 Å². The summed E-state index contributed by atoms with van der Waals surface area (Å²) in [5.74, 6) is 0.583. The Morgan fingerprint density at radius 2 is 1.67 bits per heavy atom. The van der Waals surface area contributed by atoms with E-state index in [9.17, 15) is 10.2 Å². The predicted molar refractivity (Wildman–Crippen MR) is 62.4 cm³/mol. The van der Waals surface area contributed by atoms with Gasteiger partial charge in [0.25, 0.3) is 0 Å². The van der Waals surface area contributed by atoms with Gasteiger partial charge in [-0.2, -0.15) is 0 Å². The zero-order chi connectivity index (χ0) is 11.3. The van der Waals surface area contributed by atoms with Crippen molar-refractivity contribution in [3.63, 3.8) is 0 Å². The van der Waals surface area contributed by atoms with E-state index in [1.807, 2.05) is 6.92 Å². The molecule has 0 saturated heterocycles. The molecular formula is C13H20O2. The molecule has 15 heavy (non-hydrogen) atoms. The van der Waals surface area contributed by atoms with Crippen molar-refractivity contribution in [2.24, 2.45) is 0 Å². The summed E-state index contributed by atoms with van der Waals surface area (Å²) in [6.07, 6.45) is 5.56. The topological polar surface area (TPSA) is 40.5 Å². The lowest BCUT2D eigenvalue weighted by Gasteiger charge is -2.09. The van der Waals surface area contributed by atoms with E-state index in [1.165, 1.54) is 19.3 Å². The Kier molecular flexibility index (Phi) is 4.47. The molecule has 0 bridgehead atoms. The van der Waals surface area contributed by atoms with Crippen molar-refractivity contribution in [3.8, 4) is 11.5 Å². The average Bonchev–Trinajstić information content (AvgIpc) is 2.23. The van der Waals surface area contributed by atoms with Crippen LogP contribution in [0.5, 0.6) is 11.5 Å². The van der Waals surface area contributed by atoms with Gasteiger partial charge in [0, 0.05) is 5.56 Å². The molecule has 0 aliphatic heterocycles. The summed E-state index contributed by atoms with van der Waals surface area (Å²) in [7, 11) is 0. The van der Waals surface area contributed by atoms with Crippen molar-refractivity contribution in [2.45, 2.75) is 46.0 Å². The first kappa shape index (κ1) is 11.9. The van der Waals surface area contributed by atoms with Gasteiger partial charge in [0.1, 0.15) is 11.5 Å². The summed E-state index contributed by atoms with van der Waals surface area (Å²) in [5.41, 5.74) is 1.71.